The second-order valence-electron chi connectivity index (χ2n) is 3.81. The first-order chi connectivity index (χ1) is 8.15. The smallest absolute Gasteiger partial charge is 0.139 e. The molecule has 0 aromatic carbocycles. The molecule has 0 saturated heterocycles. The maximum atomic E-state index is 10.4. The predicted molar refractivity (Wildman–Crippen MR) is 68.6 cm³/mol. The zero-order valence-corrected chi connectivity index (χ0v) is 11.3. The molecular weight excluding hydrogens is 282 g/mol. The average Bonchev–Trinajstić information content (AvgIpc) is 2.68. The van der Waals surface area contributed by atoms with Crippen molar-refractivity contribution in [2.75, 3.05) is 0 Å². The lowest BCUT2D eigenvalue weighted by molar-refractivity contribution is 0.203. The van der Waals surface area contributed by atoms with Gasteiger partial charge in [-0.15, -0.1) is 0 Å². The first-order valence-electron chi connectivity index (χ1n) is 5.44. The molecule has 0 spiro atoms. The van der Waals surface area contributed by atoms with Gasteiger partial charge in [0.25, 0.3) is 0 Å². The Hall–Kier alpha value is -1.20. The van der Waals surface area contributed by atoms with Crippen molar-refractivity contribution in [3.8, 4) is 0 Å². The van der Waals surface area contributed by atoms with E-state index in [2.05, 4.69) is 26.0 Å². The third kappa shape index (κ3) is 2.25. The van der Waals surface area contributed by atoms with Crippen LogP contribution >= 0.6 is 15.9 Å². The number of aromatic nitrogens is 3. The monoisotopic (exact) mass is 295 g/mol. The highest BCUT2D eigenvalue weighted by Gasteiger charge is 2.21. The van der Waals surface area contributed by atoms with Crippen molar-refractivity contribution in [2.24, 2.45) is 7.05 Å². The van der Waals surface area contributed by atoms with Crippen molar-refractivity contribution in [2.45, 2.75) is 19.4 Å². The molecule has 17 heavy (non-hydrogen) atoms. The van der Waals surface area contributed by atoms with Gasteiger partial charge in [-0.1, -0.05) is 13.0 Å². The number of halogens is 1. The predicted octanol–water partition coefficient (Wildman–Crippen LogP) is 2.22. The Bertz CT molecular complexity index is 505. The number of aryl methyl sites for hydroxylation is 2. The van der Waals surface area contributed by atoms with E-state index in [1.54, 1.807) is 24.1 Å². The van der Waals surface area contributed by atoms with E-state index in [1.165, 1.54) is 0 Å². The van der Waals surface area contributed by atoms with Crippen molar-refractivity contribution in [3.05, 3.63) is 46.0 Å². The van der Waals surface area contributed by atoms with Gasteiger partial charge >= 0.3 is 0 Å². The van der Waals surface area contributed by atoms with Crippen LogP contribution in [0.25, 0.3) is 0 Å². The fourth-order valence-electron chi connectivity index (χ4n) is 1.85. The SMILES string of the molecule is CCc1cccnc1C(O)c1c(Br)cnn1C. The average molecular weight is 296 g/mol. The van der Waals surface area contributed by atoms with Crippen LogP contribution in [0, 0.1) is 0 Å². The number of pyridine rings is 1. The summed E-state index contributed by atoms with van der Waals surface area (Å²) in [4.78, 5) is 4.28. The van der Waals surface area contributed by atoms with E-state index in [0.29, 0.717) is 5.69 Å². The fraction of sp³-hybridized carbons (Fsp3) is 0.333. The summed E-state index contributed by atoms with van der Waals surface area (Å²) in [6, 6.07) is 3.86. The topological polar surface area (TPSA) is 50.9 Å². The van der Waals surface area contributed by atoms with E-state index in [9.17, 15) is 5.11 Å². The molecular formula is C12H14BrN3O. The Kier molecular flexibility index (Phi) is 3.59. The van der Waals surface area contributed by atoms with Gasteiger partial charge in [0.15, 0.2) is 0 Å². The Morgan fingerprint density at radius 1 is 1.53 bits per heavy atom. The van der Waals surface area contributed by atoms with Crippen LogP contribution in [-0.4, -0.2) is 19.9 Å². The van der Waals surface area contributed by atoms with Gasteiger partial charge < -0.3 is 5.11 Å². The van der Waals surface area contributed by atoms with Crippen LogP contribution in [-0.2, 0) is 13.5 Å². The van der Waals surface area contributed by atoms with Gasteiger partial charge in [-0.25, -0.2) is 0 Å². The summed E-state index contributed by atoms with van der Waals surface area (Å²) in [7, 11) is 1.80. The zero-order valence-electron chi connectivity index (χ0n) is 9.76. The molecule has 2 aromatic rings. The highest BCUT2D eigenvalue weighted by molar-refractivity contribution is 9.10. The maximum absolute atomic E-state index is 10.4. The van der Waals surface area contributed by atoms with Crippen LogP contribution in [0.5, 0.6) is 0 Å². The summed E-state index contributed by atoms with van der Waals surface area (Å²) >= 11 is 3.39. The van der Waals surface area contributed by atoms with Crippen LogP contribution in [0.2, 0.25) is 0 Å². The molecule has 1 N–H and O–H groups in total. The zero-order chi connectivity index (χ0) is 12.4. The molecule has 0 bridgehead atoms. The largest absolute Gasteiger partial charge is 0.380 e. The van der Waals surface area contributed by atoms with Crippen molar-refractivity contribution < 1.29 is 5.11 Å². The number of hydrogen-bond donors (Lipinski definition) is 1. The second kappa shape index (κ2) is 4.98. The van der Waals surface area contributed by atoms with E-state index in [1.807, 2.05) is 19.1 Å². The highest BCUT2D eigenvalue weighted by atomic mass is 79.9. The summed E-state index contributed by atoms with van der Waals surface area (Å²) in [5.41, 5.74) is 2.46. The second-order valence-corrected chi connectivity index (χ2v) is 4.66. The van der Waals surface area contributed by atoms with Crippen molar-refractivity contribution in [3.63, 3.8) is 0 Å². The van der Waals surface area contributed by atoms with E-state index < -0.39 is 6.10 Å². The Morgan fingerprint density at radius 2 is 2.29 bits per heavy atom. The van der Waals surface area contributed by atoms with Gasteiger partial charge in [-0.2, -0.15) is 5.10 Å². The molecule has 1 atom stereocenters. The van der Waals surface area contributed by atoms with Gasteiger partial charge in [-0.05, 0) is 34.0 Å². The molecule has 2 aromatic heterocycles. The normalized spacial score (nSPS) is 12.7. The number of rotatable bonds is 3. The first-order valence-corrected chi connectivity index (χ1v) is 6.23. The molecule has 2 heterocycles. The van der Waals surface area contributed by atoms with Crippen LogP contribution < -0.4 is 0 Å². The molecule has 0 saturated carbocycles. The minimum Gasteiger partial charge on any atom is -0.380 e. The highest BCUT2D eigenvalue weighted by Crippen LogP contribution is 2.28. The molecule has 1 unspecified atom stereocenters. The van der Waals surface area contributed by atoms with E-state index >= 15 is 0 Å². The van der Waals surface area contributed by atoms with Gasteiger partial charge in [0.2, 0.25) is 0 Å². The van der Waals surface area contributed by atoms with Crippen LogP contribution in [0.4, 0.5) is 0 Å². The number of aliphatic hydroxyl groups excluding tert-OH is 1. The maximum Gasteiger partial charge on any atom is 0.139 e. The Balaban J connectivity index is 2.47. The molecule has 5 heteroatoms. The third-order valence-corrected chi connectivity index (χ3v) is 3.37. The summed E-state index contributed by atoms with van der Waals surface area (Å²) < 4.78 is 2.45. The van der Waals surface area contributed by atoms with Crippen LogP contribution in [0.1, 0.15) is 30.0 Å². The number of nitrogens with zero attached hydrogens (tertiary/aromatic N) is 3. The van der Waals surface area contributed by atoms with E-state index in [-0.39, 0.29) is 0 Å². The van der Waals surface area contributed by atoms with Crippen molar-refractivity contribution in [1.29, 1.82) is 0 Å². The van der Waals surface area contributed by atoms with Crippen molar-refractivity contribution >= 4 is 15.9 Å². The van der Waals surface area contributed by atoms with Gasteiger partial charge in [0, 0.05) is 13.2 Å². The molecule has 4 nitrogen and oxygen atoms in total. The number of hydrogen-bond acceptors (Lipinski definition) is 3. The number of aliphatic hydroxyl groups is 1. The Labute approximate surface area is 108 Å². The van der Waals surface area contributed by atoms with E-state index in [4.69, 9.17) is 0 Å². The summed E-state index contributed by atoms with van der Waals surface area (Å²) in [6.45, 7) is 2.05. The molecule has 0 amide bonds. The standard InChI is InChI=1S/C12H14BrN3O/c1-3-8-5-4-6-14-10(8)12(17)11-9(13)7-15-16(11)2/h4-7,12,17H,3H2,1-2H3. The molecule has 0 radical (unpaired) electrons. The third-order valence-electron chi connectivity index (χ3n) is 2.76. The van der Waals surface area contributed by atoms with Crippen LogP contribution in [0.3, 0.4) is 0 Å². The minimum absolute atomic E-state index is 0.694. The minimum atomic E-state index is -0.756. The fourth-order valence-corrected chi connectivity index (χ4v) is 2.42. The molecule has 0 aliphatic carbocycles. The molecule has 2 rings (SSSR count). The molecule has 0 fully saturated rings. The summed E-state index contributed by atoms with van der Waals surface area (Å²) in [5, 5.41) is 14.5. The summed E-state index contributed by atoms with van der Waals surface area (Å²) in [5.74, 6) is 0. The lowest BCUT2D eigenvalue weighted by Gasteiger charge is -2.14. The van der Waals surface area contributed by atoms with Crippen LogP contribution in [0.15, 0.2) is 29.0 Å². The molecule has 0 aliphatic rings. The summed E-state index contributed by atoms with van der Waals surface area (Å²) in [6.07, 6.45) is 3.46. The van der Waals surface area contributed by atoms with Crippen molar-refractivity contribution in [1.82, 2.24) is 14.8 Å². The first kappa shape index (κ1) is 12.3. The van der Waals surface area contributed by atoms with E-state index in [0.717, 1.165) is 22.2 Å². The molecule has 0 aliphatic heterocycles. The van der Waals surface area contributed by atoms with Gasteiger partial charge in [-0.3, -0.25) is 9.67 Å². The molecule has 90 valence electrons. The van der Waals surface area contributed by atoms with Gasteiger partial charge in [0.05, 0.1) is 22.1 Å². The van der Waals surface area contributed by atoms with Gasteiger partial charge in [0.1, 0.15) is 6.10 Å². The lowest BCUT2D eigenvalue weighted by Crippen LogP contribution is -2.11. The Morgan fingerprint density at radius 3 is 2.88 bits per heavy atom. The quantitative estimate of drug-likeness (QED) is 0.945. The lowest BCUT2D eigenvalue weighted by atomic mass is 10.0.